The Bertz CT molecular complexity index is 623. The number of nitrogens with zero attached hydrogens (tertiary/aromatic N) is 3. The molecule has 0 bridgehead atoms. The molecule has 0 spiro atoms. The molecule has 6 nitrogen and oxygen atoms in total. The van der Waals surface area contributed by atoms with Crippen molar-refractivity contribution in [2.24, 2.45) is 0 Å². The number of rotatable bonds is 8. The van der Waals surface area contributed by atoms with Crippen molar-refractivity contribution < 1.29 is 14.3 Å². The summed E-state index contributed by atoms with van der Waals surface area (Å²) in [6, 6.07) is 1.74. The Morgan fingerprint density at radius 3 is 2.36 bits per heavy atom. The third-order valence-corrected chi connectivity index (χ3v) is 12.0. The van der Waals surface area contributed by atoms with Gasteiger partial charge in [0.2, 0.25) is 0 Å². The van der Waals surface area contributed by atoms with Crippen LogP contribution in [0.25, 0.3) is 0 Å². The van der Waals surface area contributed by atoms with Crippen molar-refractivity contribution in [3.63, 3.8) is 0 Å². The van der Waals surface area contributed by atoms with Crippen molar-refractivity contribution >= 4 is 25.7 Å². The number of morpholine rings is 1. The fourth-order valence-corrected chi connectivity index (χ4v) is 10.2. The van der Waals surface area contributed by atoms with Crippen molar-refractivity contribution in [3.05, 3.63) is 17.0 Å². The van der Waals surface area contributed by atoms with E-state index in [4.69, 9.17) is 20.8 Å². The number of anilines is 1. The van der Waals surface area contributed by atoms with Gasteiger partial charge >= 0.3 is 0 Å². The number of aliphatic hydroxyl groups excluding tert-OH is 1. The van der Waals surface area contributed by atoms with Crippen molar-refractivity contribution in [3.8, 4) is 0 Å². The Labute approximate surface area is 175 Å². The molecule has 0 amide bonds. The number of halogens is 1. The third-order valence-electron chi connectivity index (χ3n) is 5.76. The van der Waals surface area contributed by atoms with Crippen LogP contribution in [-0.2, 0) is 9.16 Å². The zero-order valence-electron chi connectivity index (χ0n) is 18.3. The quantitative estimate of drug-likeness (QED) is 0.481. The summed E-state index contributed by atoms with van der Waals surface area (Å²) < 4.78 is 12.1. The van der Waals surface area contributed by atoms with Crippen LogP contribution in [0.3, 0.4) is 0 Å². The van der Waals surface area contributed by atoms with Crippen LogP contribution in [0, 0.1) is 0 Å². The normalized spacial score (nSPS) is 19.7. The van der Waals surface area contributed by atoms with Crippen molar-refractivity contribution in [1.29, 1.82) is 0 Å². The second kappa shape index (κ2) is 9.85. The summed E-state index contributed by atoms with van der Waals surface area (Å²) in [6.07, 6.45) is -0.770. The Morgan fingerprint density at radius 2 is 1.82 bits per heavy atom. The molecule has 0 aliphatic carbocycles. The molecular formula is C20H36ClN3O3Si. The Balaban J connectivity index is 2.18. The molecule has 2 heterocycles. The van der Waals surface area contributed by atoms with E-state index in [1.54, 1.807) is 6.07 Å². The highest BCUT2D eigenvalue weighted by molar-refractivity contribution is 6.77. The van der Waals surface area contributed by atoms with Crippen molar-refractivity contribution in [2.75, 3.05) is 31.2 Å². The highest BCUT2D eigenvalue weighted by Crippen LogP contribution is 2.42. The molecule has 160 valence electrons. The van der Waals surface area contributed by atoms with Crippen LogP contribution in [0.2, 0.25) is 21.8 Å². The summed E-state index contributed by atoms with van der Waals surface area (Å²) in [5, 5.41) is 11.1. The molecule has 2 atom stereocenters. The molecule has 1 aliphatic heterocycles. The highest BCUT2D eigenvalue weighted by Gasteiger charge is 2.45. The van der Waals surface area contributed by atoms with Crippen molar-refractivity contribution in [2.45, 2.75) is 77.3 Å². The standard InChI is InChI=1S/C20H36ClN3O3Si/c1-13(2)28(14(3)4,15(5)6)27-12-17(25)20-22-18(21)10-19(23-20)24-8-9-26-16(7)11-24/h10,13-17,25H,8-9,11-12H2,1-7H3/t16-,17?/m1/s1. The SMILES string of the molecule is CC(C)[Si](OCC(O)c1nc(Cl)cc(N2CCO[C@H](C)C2)n1)(C(C)C)C(C)C. The Morgan fingerprint density at radius 1 is 1.21 bits per heavy atom. The molecule has 1 aliphatic rings. The monoisotopic (exact) mass is 429 g/mol. The van der Waals surface area contributed by atoms with Gasteiger partial charge in [0.05, 0.1) is 19.3 Å². The number of hydrogen-bond donors (Lipinski definition) is 1. The van der Waals surface area contributed by atoms with Crippen LogP contribution in [0.15, 0.2) is 6.07 Å². The van der Waals surface area contributed by atoms with Crippen LogP contribution < -0.4 is 4.90 Å². The van der Waals surface area contributed by atoms with E-state index in [0.717, 1.165) is 18.9 Å². The molecule has 1 aromatic rings. The molecule has 1 unspecified atom stereocenters. The topological polar surface area (TPSA) is 67.7 Å². The predicted molar refractivity (Wildman–Crippen MR) is 117 cm³/mol. The van der Waals surface area contributed by atoms with Gasteiger partial charge in [-0.2, -0.15) is 0 Å². The number of aliphatic hydroxyl groups is 1. The smallest absolute Gasteiger partial charge is 0.200 e. The molecule has 28 heavy (non-hydrogen) atoms. The van der Waals surface area contributed by atoms with Gasteiger partial charge in [0.25, 0.3) is 0 Å². The Hall–Kier alpha value is -0.733. The average molecular weight is 430 g/mol. The van der Waals surface area contributed by atoms with Gasteiger partial charge in [-0.15, -0.1) is 0 Å². The summed E-state index contributed by atoms with van der Waals surface area (Å²) in [6.45, 7) is 17.7. The lowest BCUT2D eigenvalue weighted by atomic mass is 10.3. The summed E-state index contributed by atoms with van der Waals surface area (Å²) in [5.41, 5.74) is 1.35. The van der Waals surface area contributed by atoms with E-state index < -0.39 is 14.4 Å². The largest absolute Gasteiger partial charge is 0.413 e. The van der Waals surface area contributed by atoms with Crippen LogP contribution >= 0.6 is 11.6 Å². The highest BCUT2D eigenvalue weighted by atomic mass is 35.5. The van der Waals surface area contributed by atoms with Gasteiger partial charge in [0.15, 0.2) is 14.1 Å². The minimum absolute atomic E-state index is 0.133. The summed E-state index contributed by atoms with van der Waals surface area (Å²) in [5.74, 6) is 1.05. The first-order valence-corrected chi connectivity index (χ1v) is 12.8. The summed E-state index contributed by atoms with van der Waals surface area (Å²) >= 11 is 6.24. The lowest BCUT2D eigenvalue weighted by Gasteiger charge is -2.42. The number of aromatic nitrogens is 2. The van der Waals surface area contributed by atoms with Gasteiger partial charge in [-0.05, 0) is 23.5 Å². The zero-order valence-corrected chi connectivity index (χ0v) is 20.0. The number of hydrogen-bond acceptors (Lipinski definition) is 6. The molecular weight excluding hydrogens is 394 g/mol. The first-order chi connectivity index (χ1) is 13.1. The molecule has 1 N–H and O–H groups in total. The minimum Gasteiger partial charge on any atom is -0.413 e. The van der Waals surface area contributed by atoms with E-state index in [9.17, 15) is 5.11 Å². The molecule has 8 heteroatoms. The lowest BCUT2D eigenvalue weighted by molar-refractivity contribution is 0.0527. The predicted octanol–water partition coefficient (Wildman–Crippen LogP) is 4.58. The minimum atomic E-state index is -2.07. The van der Waals surface area contributed by atoms with E-state index >= 15 is 0 Å². The third kappa shape index (κ3) is 5.24. The molecule has 0 radical (unpaired) electrons. The van der Waals surface area contributed by atoms with Crippen LogP contribution in [0.4, 0.5) is 5.82 Å². The van der Waals surface area contributed by atoms with Gasteiger partial charge in [-0.3, -0.25) is 0 Å². The van der Waals surface area contributed by atoms with Crippen LogP contribution in [0.1, 0.15) is 60.4 Å². The van der Waals surface area contributed by atoms with E-state index in [2.05, 4.69) is 56.4 Å². The molecule has 1 fully saturated rings. The number of ether oxygens (including phenoxy) is 1. The van der Waals surface area contributed by atoms with E-state index in [-0.39, 0.29) is 12.7 Å². The van der Waals surface area contributed by atoms with Crippen LogP contribution in [0.5, 0.6) is 0 Å². The van der Waals surface area contributed by atoms with E-state index in [1.807, 2.05) is 6.92 Å². The maximum absolute atomic E-state index is 10.8. The first-order valence-electron chi connectivity index (χ1n) is 10.3. The van der Waals surface area contributed by atoms with Crippen molar-refractivity contribution in [1.82, 2.24) is 9.97 Å². The average Bonchev–Trinajstić information content (AvgIpc) is 2.60. The lowest BCUT2D eigenvalue weighted by Crippen LogP contribution is -2.48. The molecule has 0 aromatic carbocycles. The van der Waals surface area contributed by atoms with Gasteiger partial charge in [0.1, 0.15) is 17.1 Å². The molecule has 1 saturated heterocycles. The fraction of sp³-hybridized carbons (Fsp3) is 0.800. The first kappa shape index (κ1) is 23.5. The van der Waals surface area contributed by atoms with Gasteiger partial charge < -0.3 is 19.2 Å². The maximum Gasteiger partial charge on any atom is 0.200 e. The van der Waals surface area contributed by atoms with Gasteiger partial charge in [0, 0.05) is 19.2 Å². The second-order valence-corrected chi connectivity index (χ2v) is 14.5. The zero-order chi connectivity index (χ0) is 21.1. The maximum atomic E-state index is 10.8. The molecule has 2 rings (SSSR count). The van der Waals surface area contributed by atoms with E-state index in [0.29, 0.717) is 34.2 Å². The van der Waals surface area contributed by atoms with Gasteiger partial charge in [-0.25, -0.2) is 9.97 Å². The van der Waals surface area contributed by atoms with E-state index in [1.165, 1.54) is 0 Å². The molecule has 1 aromatic heterocycles. The Kier molecular flexibility index (Phi) is 8.28. The molecule has 0 saturated carbocycles. The second-order valence-electron chi connectivity index (χ2n) is 8.68. The van der Waals surface area contributed by atoms with Crippen LogP contribution in [-0.4, -0.2) is 55.8 Å². The fourth-order valence-electron chi connectivity index (χ4n) is 4.56. The van der Waals surface area contributed by atoms with Gasteiger partial charge in [-0.1, -0.05) is 53.1 Å². The summed E-state index contributed by atoms with van der Waals surface area (Å²) in [4.78, 5) is 11.0. The summed E-state index contributed by atoms with van der Waals surface area (Å²) in [7, 11) is -2.07.